The van der Waals surface area contributed by atoms with Gasteiger partial charge in [0.25, 0.3) is 0 Å². The van der Waals surface area contributed by atoms with Gasteiger partial charge in [0.1, 0.15) is 5.75 Å². The fourth-order valence-corrected chi connectivity index (χ4v) is 1.11. The number of benzene rings is 1. The number of nitrogens with two attached hydrogens (primary N) is 1. The summed E-state index contributed by atoms with van der Waals surface area (Å²) in [5, 5.41) is 0. The van der Waals surface area contributed by atoms with Crippen molar-refractivity contribution in [2.75, 3.05) is 12.8 Å². The van der Waals surface area contributed by atoms with Crippen molar-refractivity contribution in [3.05, 3.63) is 23.8 Å². The van der Waals surface area contributed by atoms with Gasteiger partial charge in [-0.1, -0.05) is 6.92 Å². The minimum absolute atomic E-state index is 0.0920. The lowest BCUT2D eigenvalue weighted by atomic mass is 10.1. The zero-order chi connectivity index (χ0) is 9.84. The van der Waals surface area contributed by atoms with Gasteiger partial charge in [0.15, 0.2) is 5.78 Å². The molecule has 2 N–H and O–H groups in total. The summed E-state index contributed by atoms with van der Waals surface area (Å²) in [6.45, 7) is 1.82. The number of ether oxygens (including phenoxy) is 1. The number of anilines is 1. The van der Waals surface area contributed by atoms with Crippen LogP contribution in [-0.4, -0.2) is 12.9 Å². The van der Waals surface area contributed by atoms with Crippen molar-refractivity contribution in [2.45, 2.75) is 13.3 Å². The molecular formula is C10H13NO2. The zero-order valence-corrected chi connectivity index (χ0v) is 7.83. The maximum absolute atomic E-state index is 11.3. The van der Waals surface area contributed by atoms with E-state index in [9.17, 15) is 4.79 Å². The third-order valence-electron chi connectivity index (χ3n) is 1.87. The van der Waals surface area contributed by atoms with Crippen LogP contribution >= 0.6 is 0 Å². The Morgan fingerprint density at radius 1 is 1.54 bits per heavy atom. The highest BCUT2D eigenvalue weighted by Gasteiger charge is 2.05. The predicted octanol–water partition coefficient (Wildman–Crippen LogP) is 1.87. The summed E-state index contributed by atoms with van der Waals surface area (Å²) >= 11 is 0. The number of methoxy groups -OCH3 is 1. The van der Waals surface area contributed by atoms with Gasteiger partial charge < -0.3 is 10.5 Å². The van der Waals surface area contributed by atoms with Gasteiger partial charge in [-0.25, -0.2) is 0 Å². The SMILES string of the molecule is CCC(=O)c1ccc(OC)c(N)c1. The molecule has 0 saturated carbocycles. The average molecular weight is 179 g/mol. The van der Waals surface area contributed by atoms with Gasteiger partial charge >= 0.3 is 0 Å². The fourth-order valence-electron chi connectivity index (χ4n) is 1.11. The van der Waals surface area contributed by atoms with Crippen molar-refractivity contribution >= 4 is 11.5 Å². The van der Waals surface area contributed by atoms with Gasteiger partial charge in [0, 0.05) is 12.0 Å². The second-order valence-electron chi connectivity index (χ2n) is 2.73. The van der Waals surface area contributed by atoms with Gasteiger partial charge in [-0.15, -0.1) is 0 Å². The van der Waals surface area contributed by atoms with Crippen LogP contribution in [0, 0.1) is 0 Å². The molecule has 0 aliphatic heterocycles. The Labute approximate surface area is 77.5 Å². The minimum atomic E-state index is 0.0920. The van der Waals surface area contributed by atoms with Crippen molar-refractivity contribution in [1.82, 2.24) is 0 Å². The van der Waals surface area contributed by atoms with E-state index < -0.39 is 0 Å². The molecule has 0 aliphatic carbocycles. The van der Waals surface area contributed by atoms with Crippen molar-refractivity contribution in [2.24, 2.45) is 0 Å². The highest BCUT2D eigenvalue weighted by atomic mass is 16.5. The minimum Gasteiger partial charge on any atom is -0.495 e. The quantitative estimate of drug-likeness (QED) is 0.569. The van der Waals surface area contributed by atoms with E-state index in [1.165, 1.54) is 0 Å². The van der Waals surface area contributed by atoms with Gasteiger partial charge in [-0.2, -0.15) is 0 Å². The van der Waals surface area contributed by atoms with E-state index in [-0.39, 0.29) is 5.78 Å². The van der Waals surface area contributed by atoms with Crippen LogP contribution in [0.25, 0.3) is 0 Å². The van der Waals surface area contributed by atoms with Crippen LogP contribution in [0.3, 0.4) is 0 Å². The Hall–Kier alpha value is -1.51. The molecule has 0 bridgehead atoms. The first-order chi connectivity index (χ1) is 6.19. The first-order valence-electron chi connectivity index (χ1n) is 4.15. The molecule has 0 aromatic heterocycles. The Kier molecular flexibility index (Phi) is 2.90. The molecule has 0 atom stereocenters. The lowest BCUT2D eigenvalue weighted by molar-refractivity contribution is 0.0988. The molecule has 1 aromatic carbocycles. The first-order valence-corrected chi connectivity index (χ1v) is 4.15. The van der Waals surface area contributed by atoms with Crippen LogP contribution in [0.15, 0.2) is 18.2 Å². The number of ketones is 1. The van der Waals surface area contributed by atoms with Crippen LogP contribution in [-0.2, 0) is 0 Å². The van der Waals surface area contributed by atoms with E-state index >= 15 is 0 Å². The van der Waals surface area contributed by atoms with E-state index in [0.29, 0.717) is 23.4 Å². The number of carbonyl (C=O) groups excluding carboxylic acids is 1. The number of rotatable bonds is 3. The largest absolute Gasteiger partial charge is 0.495 e. The van der Waals surface area contributed by atoms with Crippen LogP contribution < -0.4 is 10.5 Å². The summed E-state index contributed by atoms with van der Waals surface area (Å²) in [6, 6.07) is 5.07. The Morgan fingerprint density at radius 2 is 2.23 bits per heavy atom. The summed E-state index contributed by atoms with van der Waals surface area (Å²) in [5.41, 5.74) is 6.79. The normalized spacial score (nSPS) is 9.69. The Morgan fingerprint density at radius 3 is 2.69 bits per heavy atom. The highest BCUT2D eigenvalue weighted by Crippen LogP contribution is 2.22. The van der Waals surface area contributed by atoms with Gasteiger partial charge in [0.2, 0.25) is 0 Å². The van der Waals surface area contributed by atoms with Crippen molar-refractivity contribution in [3.8, 4) is 5.75 Å². The highest BCUT2D eigenvalue weighted by molar-refractivity contribution is 5.97. The first kappa shape index (κ1) is 9.58. The molecule has 0 saturated heterocycles. The van der Waals surface area contributed by atoms with Crippen LogP contribution in [0.5, 0.6) is 5.75 Å². The van der Waals surface area contributed by atoms with E-state index in [2.05, 4.69) is 0 Å². The Balaban J connectivity index is 3.02. The van der Waals surface area contributed by atoms with E-state index in [4.69, 9.17) is 10.5 Å². The average Bonchev–Trinajstić information content (AvgIpc) is 2.16. The number of nitrogen functional groups attached to an aromatic ring is 1. The standard InChI is InChI=1S/C10H13NO2/c1-3-9(12)7-4-5-10(13-2)8(11)6-7/h4-6H,3,11H2,1-2H3. The molecule has 1 aromatic rings. The molecule has 3 heteroatoms. The molecule has 0 spiro atoms. The number of Topliss-reactive ketones (excluding diaryl/α,β-unsaturated/α-hetero) is 1. The Bertz CT molecular complexity index is 321. The third-order valence-corrected chi connectivity index (χ3v) is 1.87. The molecule has 13 heavy (non-hydrogen) atoms. The van der Waals surface area contributed by atoms with Crippen LogP contribution in [0.1, 0.15) is 23.7 Å². The van der Waals surface area contributed by atoms with E-state index in [0.717, 1.165) is 0 Å². The maximum atomic E-state index is 11.3. The molecule has 0 amide bonds. The fraction of sp³-hybridized carbons (Fsp3) is 0.300. The lowest BCUT2D eigenvalue weighted by Gasteiger charge is -2.05. The molecule has 3 nitrogen and oxygen atoms in total. The monoisotopic (exact) mass is 179 g/mol. The molecule has 0 unspecified atom stereocenters. The molecule has 70 valence electrons. The summed E-state index contributed by atoms with van der Waals surface area (Å²) in [4.78, 5) is 11.3. The van der Waals surface area contributed by atoms with E-state index in [1.54, 1.807) is 25.3 Å². The second-order valence-corrected chi connectivity index (χ2v) is 2.73. The number of hydrogen-bond acceptors (Lipinski definition) is 3. The van der Waals surface area contributed by atoms with E-state index in [1.807, 2.05) is 6.92 Å². The summed E-state index contributed by atoms with van der Waals surface area (Å²) < 4.78 is 4.98. The summed E-state index contributed by atoms with van der Waals surface area (Å²) in [6.07, 6.45) is 0.492. The third kappa shape index (κ3) is 1.99. The number of hydrogen-bond donors (Lipinski definition) is 1. The van der Waals surface area contributed by atoms with Gasteiger partial charge in [0.05, 0.1) is 12.8 Å². The molecule has 0 heterocycles. The number of carbonyl (C=O) groups is 1. The molecule has 0 radical (unpaired) electrons. The lowest BCUT2D eigenvalue weighted by Crippen LogP contribution is -1.99. The van der Waals surface area contributed by atoms with Crippen LogP contribution in [0.2, 0.25) is 0 Å². The summed E-state index contributed by atoms with van der Waals surface area (Å²) in [7, 11) is 1.55. The summed E-state index contributed by atoms with van der Waals surface area (Å²) in [5.74, 6) is 0.696. The molecular weight excluding hydrogens is 166 g/mol. The predicted molar refractivity (Wildman–Crippen MR) is 52.0 cm³/mol. The van der Waals surface area contributed by atoms with Gasteiger partial charge in [-0.05, 0) is 18.2 Å². The second kappa shape index (κ2) is 3.94. The smallest absolute Gasteiger partial charge is 0.162 e. The van der Waals surface area contributed by atoms with Crippen LogP contribution in [0.4, 0.5) is 5.69 Å². The van der Waals surface area contributed by atoms with Gasteiger partial charge in [-0.3, -0.25) is 4.79 Å². The van der Waals surface area contributed by atoms with Crippen molar-refractivity contribution in [3.63, 3.8) is 0 Å². The molecule has 0 aliphatic rings. The zero-order valence-electron chi connectivity index (χ0n) is 7.83. The van der Waals surface area contributed by atoms with Crippen molar-refractivity contribution in [1.29, 1.82) is 0 Å². The topological polar surface area (TPSA) is 52.3 Å². The molecule has 0 fully saturated rings. The van der Waals surface area contributed by atoms with Crippen molar-refractivity contribution < 1.29 is 9.53 Å². The maximum Gasteiger partial charge on any atom is 0.162 e. The molecule has 1 rings (SSSR count).